The fourth-order valence-corrected chi connectivity index (χ4v) is 1.95. The second kappa shape index (κ2) is 6.61. The largest absolute Gasteiger partial charge is 0.502 e. The number of carbonyl (C=O) groups excluding carboxylic acids is 1. The number of ether oxygens (including phenoxy) is 1. The lowest BCUT2D eigenvalue weighted by molar-refractivity contribution is -0.386. The molecule has 2 aromatic carbocycles. The van der Waals surface area contributed by atoms with Crippen LogP contribution < -0.4 is 0 Å². The van der Waals surface area contributed by atoms with Crippen LogP contribution in [0.1, 0.15) is 21.5 Å². The zero-order chi connectivity index (χ0) is 17.0. The Morgan fingerprint density at radius 1 is 1.09 bits per heavy atom. The first kappa shape index (κ1) is 16.0. The Bertz CT molecular complexity index is 757. The molecule has 0 atom stereocenters. The lowest BCUT2D eigenvalue weighted by Crippen LogP contribution is -2.00. The second-order valence-electron chi connectivity index (χ2n) is 4.61. The van der Waals surface area contributed by atoms with Gasteiger partial charge in [-0.25, -0.2) is 4.79 Å². The van der Waals surface area contributed by atoms with E-state index in [1.54, 1.807) is 36.4 Å². The standard InChI is InChI=1S/C16H13NO6/c1-23-16(20)12-6-4-10(5-7-12)2-3-11-8-13(18)15(17(21)22)14(19)9-11/h2-9,18-19H,1H3/b3-2+. The van der Waals surface area contributed by atoms with E-state index >= 15 is 0 Å². The van der Waals surface area contributed by atoms with Crippen LogP contribution in [0.5, 0.6) is 11.5 Å². The maximum absolute atomic E-state index is 11.3. The molecule has 0 heterocycles. The molecule has 0 unspecified atom stereocenters. The smallest absolute Gasteiger partial charge is 0.351 e. The minimum absolute atomic E-state index is 0.391. The SMILES string of the molecule is COC(=O)c1ccc(/C=C/c2cc(O)c([N+](=O)[O-])c(O)c2)cc1. The monoisotopic (exact) mass is 315 g/mol. The molecule has 0 aliphatic rings. The van der Waals surface area contributed by atoms with Gasteiger partial charge in [0, 0.05) is 0 Å². The minimum Gasteiger partial charge on any atom is -0.502 e. The fraction of sp³-hybridized carbons (Fsp3) is 0.0625. The van der Waals surface area contributed by atoms with Crippen molar-refractivity contribution in [1.82, 2.24) is 0 Å². The van der Waals surface area contributed by atoms with Gasteiger partial charge in [0.25, 0.3) is 0 Å². The summed E-state index contributed by atoms with van der Waals surface area (Å²) in [5.74, 6) is -1.67. The van der Waals surface area contributed by atoms with Crippen LogP contribution >= 0.6 is 0 Å². The molecule has 2 aromatic rings. The number of nitro groups is 1. The lowest BCUT2D eigenvalue weighted by atomic mass is 10.1. The Labute approximate surface area is 131 Å². The van der Waals surface area contributed by atoms with Gasteiger partial charge in [0.15, 0.2) is 11.5 Å². The molecular formula is C16H13NO6. The normalized spacial score (nSPS) is 10.7. The van der Waals surface area contributed by atoms with E-state index in [1.807, 2.05) is 0 Å². The zero-order valence-electron chi connectivity index (χ0n) is 12.1. The first-order valence-electron chi connectivity index (χ1n) is 6.49. The molecule has 7 nitrogen and oxygen atoms in total. The van der Waals surface area contributed by atoms with Gasteiger partial charge in [0.2, 0.25) is 0 Å². The van der Waals surface area contributed by atoms with Crippen LogP contribution in [0.15, 0.2) is 36.4 Å². The second-order valence-corrected chi connectivity index (χ2v) is 4.61. The number of hydrogen-bond donors (Lipinski definition) is 2. The van der Waals surface area contributed by atoms with Crippen LogP contribution in [0.3, 0.4) is 0 Å². The molecule has 0 radical (unpaired) electrons. The summed E-state index contributed by atoms with van der Waals surface area (Å²) in [6, 6.07) is 8.92. The van der Waals surface area contributed by atoms with E-state index in [-0.39, 0.29) is 0 Å². The predicted octanol–water partition coefficient (Wildman–Crippen LogP) is 2.96. The zero-order valence-corrected chi connectivity index (χ0v) is 12.1. The Morgan fingerprint density at radius 3 is 2.09 bits per heavy atom. The maximum Gasteiger partial charge on any atom is 0.351 e. The number of carbonyl (C=O) groups is 1. The lowest BCUT2D eigenvalue weighted by Gasteiger charge is -2.02. The highest BCUT2D eigenvalue weighted by Crippen LogP contribution is 2.36. The van der Waals surface area contributed by atoms with E-state index < -0.39 is 28.1 Å². The van der Waals surface area contributed by atoms with Crippen LogP contribution in [-0.2, 0) is 4.74 Å². The van der Waals surface area contributed by atoms with Crippen molar-refractivity contribution in [3.8, 4) is 11.5 Å². The molecular weight excluding hydrogens is 302 g/mol. The van der Waals surface area contributed by atoms with Crippen LogP contribution in [0.2, 0.25) is 0 Å². The van der Waals surface area contributed by atoms with Crippen molar-refractivity contribution in [3.63, 3.8) is 0 Å². The van der Waals surface area contributed by atoms with Crippen molar-refractivity contribution >= 4 is 23.8 Å². The van der Waals surface area contributed by atoms with Crippen molar-refractivity contribution in [2.75, 3.05) is 7.11 Å². The summed E-state index contributed by atoms with van der Waals surface area (Å²) in [5.41, 5.74) is 0.831. The third-order valence-corrected chi connectivity index (χ3v) is 3.07. The molecule has 0 aliphatic carbocycles. The molecule has 2 N–H and O–H groups in total. The molecule has 2 rings (SSSR count). The summed E-state index contributed by atoms with van der Waals surface area (Å²) in [6.45, 7) is 0. The maximum atomic E-state index is 11.3. The van der Waals surface area contributed by atoms with Crippen LogP contribution in [0.4, 0.5) is 5.69 Å². The predicted molar refractivity (Wildman–Crippen MR) is 83.1 cm³/mol. The molecule has 0 aliphatic heterocycles. The number of phenolic OH excluding ortho intramolecular Hbond substituents is 2. The first-order valence-corrected chi connectivity index (χ1v) is 6.49. The number of esters is 1. The number of benzene rings is 2. The van der Waals surface area contributed by atoms with Crippen LogP contribution in [0, 0.1) is 10.1 Å². The molecule has 0 amide bonds. The molecule has 7 heteroatoms. The summed E-state index contributed by atoms with van der Waals surface area (Å²) in [7, 11) is 1.30. The van der Waals surface area contributed by atoms with Gasteiger partial charge in [-0.3, -0.25) is 10.1 Å². The summed E-state index contributed by atoms with van der Waals surface area (Å²) in [6.07, 6.45) is 3.23. The summed E-state index contributed by atoms with van der Waals surface area (Å²) in [4.78, 5) is 21.1. The van der Waals surface area contributed by atoms with Gasteiger partial charge in [-0.15, -0.1) is 0 Å². The summed E-state index contributed by atoms with van der Waals surface area (Å²) in [5, 5.41) is 29.8. The Balaban J connectivity index is 2.23. The van der Waals surface area contributed by atoms with Gasteiger partial charge in [-0.1, -0.05) is 24.3 Å². The van der Waals surface area contributed by atoms with E-state index in [0.717, 1.165) is 5.56 Å². The number of phenols is 2. The topological polar surface area (TPSA) is 110 Å². The van der Waals surface area contributed by atoms with E-state index in [0.29, 0.717) is 11.1 Å². The first-order chi connectivity index (χ1) is 10.9. The number of nitro benzene ring substituents is 1. The van der Waals surface area contributed by atoms with E-state index in [4.69, 9.17) is 0 Å². The molecule has 118 valence electrons. The molecule has 0 fully saturated rings. The minimum atomic E-state index is -0.857. The third kappa shape index (κ3) is 3.65. The Kier molecular flexibility index (Phi) is 4.61. The van der Waals surface area contributed by atoms with Gasteiger partial charge in [-0.2, -0.15) is 0 Å². The molecule has 0 bridgehead atoms. The number of hydrogen-bond acceptors (Lipinski definition) is 6. The van der Waals surface area contributed by atoms with E-state index in [9.17, 15) is 25.1 Å². The van der Waals surface area contributed by atoms with E-state index in [1.165, 1.54) is 19.2 Å². The van der Waals surface area contributed by atoms with Gasteiger partial charge in [0.1, 0.15) is 0 Å². The van der Waals surface area contributed by atoms with Crippen LogP contribution in [0.25, 0.3) is 12.2 Å². The number of rotatable bonds is 4. The molecule has 0 aromatic heterocycles. The highest BCUT2D eigenvalue weighted by atomic mass is 16.6. The van der Waals surface area contributed by atoms with Gasteiger partial charge in [0.05, 0.1) is 17.6 Å². The molecule has 0 saturated carbocycles. The molecule has 0 saturated heterocycles. The van der Waals surface area contributed by atoms with Crippen molar-refractivity contribution in [1.29, 1.82) is 0 Å². The van der Waals surface area contributed by atoms with Gasteiger partial charge < -0.3 is 14.9 Å². The fourth-order valence-electron chi connectivity index (χ4n) is 1.95. The molecule has 23 heavy (non-hydrogen) atoms. The van der Waals surface area contributed by atoms with E-state index in [2.05, 4.69) is 4.74 Å². The van der Waals surface area contributed by atoms with Crippen molar-refractivity contribution < 1.29 is 24.7 Å². The number of nitrogens with zero attached hydrogens (tertiary/aromatic N) is 1. The average Bonchev–Trinajstić information content (AvgIpc) is 2.51. The van der Waals surface area contributed by atoms with Crippen molar-refractivity contribution in [2.45, 2.75) is 0 Å². The highest BCUT2D eigenvalue weighted by Gasteiger charge is 2.19. The van der Waals surface area contributed by atoms with Crippen molar-refractivity contribution in [3.05, 3.63) is 63.2 Å². The van der Waals surface area contributed by atoms with Gasteiger partial charge >= 0.3 is 11.7 Å². The highest BCUT2D eigenvalue weighted by molar-refractivity contribution is 5.89. The van der Waals surface area contributed by atoms with Gasteiger partial charge in [-0.05, 0) is 35.4 Å². The Morgan fingerprint density at radius 2 is 1.61 bits per heavy atom. The molecule has 0 spiro atoms. The number of aromatic hydroxyl groups is 2. The average molecular weight is 315 g/mol. The third-order valence-electron chi connectivity index (χ3n) is 3.07. The van der Waals surface area contributed by atoms with Crippen LogP contribution in [-0.4, -0.2) is 28.2 Å². The Hall–Kier alpha value is -3.35. The summed E-state index contributed by atoms with van der Waals surface area (Å²) >= 11 is 0. The number of methoxy groups -OCH3 is 1. The van der Waals surface area contributed by atoms with Crippen molar-refractivity contribution in [2.24, 2.45) is 0 Å². The summed E-state index contributed by atoms with van der Waals surface area (Å²) < 4.78 is 4.59. The quantitative estimate of drug-likeness (QED) is 0.388.